The monoisotopic (exact) mass is 307 g/mol. The molecule has 18 heavy (non-hydrogen) atoms. The van der Waals surface area contributed by atoms with Crippen molar-refractivity contribution < 1.29 is 4.79 Å². The van der Waals surface area contributed by atoms with E-state index in [1.807, 2.05) is 0 Å². The van der Waals surface area contributed by atoms with Crippen LogP contribution in [0.2, 0.25) is 0 Å². The number of rotatable bonds is 2. The smallest absolute Gasteiger partial charge is 0.233 e. The quantitative estimate of drug-likeness (QED) is 0.769. The van der Waals surface area contributed by atoms with Gasteiger partial charge >= 0.3 is 0 Å². The molecule has 3 rings (SSSR count). The highest BCUT2D eigenvalue weighted by Crippen LogP contribution is 2.39. The fraction of sp³-hybridized carbons (Fsp3) is 0.533. The van der Waals surface area contributed by atoms with Crippen molar-refractivity contribution in [3.8, 4) is 0 Å². The molecule has 0 unspecified atom stereocenters. The Bertz CT molecular complexity index is 456. The van der Waals surface area contributed by atoms with Gasteiger partial charge in [-0.05, 0) is 42.7 Å². The molecule has 1 aromatic carbocycles. The largest absolute Gasteiger partial charge is 0.334 e. The SMILES string of the molecule is O=C(CBr)N1Cc2ccccc2CC[C@@H]1C1CC1. The Labute approximate surface area is 116 Å². The van der Waals surface area contributed by atoms with Gasteiger partial charge in [0.25, 0.3) is 0 Å². The zero-order valence-electron chi connectivity index (χ0n) is 10.4. The topological polar surface area (TPSA) is 20.3 Å². The first-order chi connectivity index (χ1) is 8.79. The number of halogens is 1. The van der Waals surface area contributed by atoms with Crippen molar-refractivity contribution in [2.24, 2.45) is 5.92 Å². The molecule has 1 amide bonds. The van der Waals surface area contributed by atoms with Gasteiger partial charge < -0.3 is 4.90 Å². The Morgan fingerprint density at radius 2 is 1.94 bits per heavy atom. The average Bonchev–Trinajstić information content (AvgIpc) is 3.22. The van der Waals surface area contributed by atoms with Crippen molar-refractivity contribution in [3.05, 3.63) is 35.4 Å². The van der Waals surface area contributed by atoms with E-state index in [0.717, 1.165) is 25.3 Å². The molecule has 0 N–H and O–H groups in total. The van der Waals surface area contributed by atoms with Crippen molar-refractivity contribution >= 4 is 21.8 Å². The molecule has 0 bridgehead atoms. The number of alkyl halides is 1. The summed E-state index contributed by atoms with van der Waals surface area (Å²) in [4.78, 5) is 14.3. The summed E-state index contributed by atoms with van der Waals surface area (Å²) < 4.78 is 0. The summed E-state index contributed by atoms with van der Waals surface area (Å²) in [6, 6.07) is 9.02. The number of amides is 1. The van der Waals surface area contributed by atoms with E-state index in [1.54, 1.807) is 0 Å². The highest BCUT2D eigenvalue weighted by atomic mass is 79.9. The summed E-state index contributed by atoms with van der Waals surface area (Å²) in [5, 5.41) is 0.443. The lowest BCUT2D eigenvalue weighted by atomic mass is 10.0. The third kappa shape index (κ3) is 2.33. The van der Waals surface area contributed by atoms with Crippen molar-refractivity contribution in [1.82, 2.24) is 4.90 Å². The molecule has 0 spiro atoms. The Kier molecular flexibility index (Phi) is 3.42. The van der Waals surface area contributed by atoms with E-state index in [1.165, 1.54) is 24.0 Å². The third-order valence-electron chi connectivity index (χ3n) is 4.17. The van der Waals surface area contributed by atoms with E-state index in [9.17, 15) is 4.79 Å². The van der Waals surface area contributed by atoms with Gasteiger partial charge in [0.2, 0.25) is 5.91 Å². The van der Waals surface area contributed by atoms with Gasteiger partial charge in [-0.25, -0.2) is 0 Å². The summed E-state index contributed by atoms with van der Waals surface area (Å²) >= 11 is 3.32. The molecule has 96 valence electrons. The summed E-state index contributed by atoms with van der Waals surface area (Å²) in [5.74, 6) is 0.992. The molecule has 2 aliphatic rings. The number of carbonyl (C=O) groups excluding carboxylic acids is 1. The van der Waals surface area contributed by atoms with Crippen LogP contribution in [0.4, 0.5) is 0 Å². The second-order valence-electron chi connectivity index (χ2n) is 5.37. The normalized spacial score (nSPS) is 23.4. The number of fused-ring (bicyclic) bond motifs is 1. The molecule has 0 radical (unpaired) electrons. The number of aryl methyl sites for hydroxylation is 1. The predicted octanol–water partition coefficient (Wildman–Crippen LogP) is 3.13. The molecule has 2 nitrogen and oxygen atoms in total. The van der Waals surface area contributed by atoms with Crippen LogP contribution in [0, 0.1) is 5.92 Å². The number of hydrogen-bond acceptors (Lipinski definition) is 1. The van der Waals surface area contributed by atoms with Crippen LogP contribution in [0.15, 0.2) is 24.3 Å². The average molecular weight is 308 g/mol. The highest BCUT2D eigenvalue weighted by molar-refractivity contribution is 9.09. The van der Waals surface area contributed by atoms with Gasteiger partial charge in [0.1, 0.15) is 0 Å². The maximum atomic E-state index is 12.2. The molecule has 1 aliphatic heterocycles. The molecule has 1 atom stereocenters. The van der Waals surface area contributed by atoms with Gasteiger partial charge in [-0.3, -0.25) is 4.79 Å². The van der Waals surface area contributed by atoms with Crippen LogP contribution in [-0.4, -0.2) is 22.2 Å². The standard InChI is InChI=1S/C15H18BrNO/c16-9-15(18)17-10-13-4-2-1-3-11(13)7-8-14(17)12-5-6-12/h1-4,12,14H,5-10H2/t14-/m1/s1. The Morgan fingerprint density at radius 1 is 1.22 bits per heavy atom. The number of carbonyl (C=O) groups is 1. The number of nitrogens with zero attached hydrogens (tertiary/aromatic N) is 1. The zero-order valence-corrected chi connectivity index (χ0v) is 12.0. The zero-order chi connectivity index (χ0) is 12.5. The van der Waals surface area contributed by atoms with E-state index in [2.05, 4.69) is 45.1 Å². The lowest BCUT2D eigenvalue weighted by Gasteiger charge is -2.30. The molecule has 1 fully saturated rings. The summed E-state index contributed by atoms with van der Waals surface area (Å²) in [6.45, 7) is 0.793. The summed E-state index contributed by atoms with van der Waals surface area (Å²) in [7, 11) is 0. The molecule has 0 saturated heterocycles. The lowest BCUT2D eigenvalue weighted by molar-refractivity contribution is -0.131. The van der Waals surface area contributed by atoms with Gasteiger partial charge in [0.15, 0.2) is 0 Å². The maximum Gasteiger partial charge on any atom is 0.233 e. The van der Waals surface area contributed by atoms with E-state index in [4.69, 9.17) is 0 Å². The van der Waals surface area contributed by atoms with Gasteiger partial charge in [0, 0.05) is 12.6 Å². The van der Waals surface area contributed by atoms with E-state index < -0.39 is 0 Å². The Morgan fingerprint density at radius 3 is 2.61 bits per heavy atom. The molecule has 0 aromatic heterocycles. The summed E-state index contributed by atoms with van der Waals surface area (Å²) in [5.41, 5.74) is 2.75. The van der Waals surface area contributed by atoms with Crippen molar-refractivity contribution in [2.45, 2.75) is 38.3 Å². The van der Waals surface area contributed by atoms with Crippen LogP contribution in [0.3, 0.4) is 0 Å². The van der Waals surface area contributed by atoms with Crippen LogP contribution in [-0.2, 0) is 17.8 Å². The minimum absolute atomic E-state index is 0.239. The minimum Gasteiger partial charge on any atom is -0.334 e. The number of hydrogen-bond donors (Lipinski definition) is 0. The van der Waals surface area contributed by atoms with Crippen LogP contribution in [0.25, 0.3) is 0 Å². The Balaban J connectivity index is 1.90. The van der Waals surface area contributed by atoms with Gasteiger partial charge in [-0.15, -0.1) is 0 Å². The molecule has 1 aliphatic carbocycles. The first kappa shape index (κ1) is 12.2. The van der Waals surface area contributed by atoms with Gasteiger partial charge in [0.05, 0.1) is 5.33 Å². The molecule has 1 heterocycles. The van der Waals surface area contributed by atoms with Crippen molar-refractivity contribution in [2.75, 3.05) is 5.33 Å². The molecule has 1 aromatic rings. The molecular weight excluding hydrogens is 290 g/mol. The fourth-order valence-corrected chi connectivity index (χ4v) is 3.36. The minimum atomic E-state index is 0.239. The van der Waals surface area contributed by atoms with Crippen LogP contribution < -0.4 is 0 Å². The van der Waals surface area contributed by atoms with Crippen molar-refractivity contribution in [1.29, 1.82) is 0 Å². The van der Waals surface area contributed by atoms with Gasteiger partial charge in [-0.1, -0.05) is 40.2 Å². The molecule has 3 heteroatoms. The highest BCUT2D eigenvalue weighted by Gasteiger charge is 2.38. The maximum absolute atomic E-state index is 12.2. The predicted molar refractivity (Wildman–Crippen MR) is 75.6 cm³/mol. The lowest BCUT2D eigenvalue weighted by Crippen LogP contribution is -2.41. The summed E-state index contributed by atoms with van der Waals surface area (Å²) in [6.07, 6.45) is 4.84. The number of benzene rings is 1. The van der Waals surface area contributed by atoms with Crippen molar-refractivity contribution in [3.63, 3.8) is 0 Å². The Hall–Kier alpha value is -0.830. The third-order valence-corrected chi connectivity index (χ3v) is 4.65. The molecule has 1 saturated carbocycles. The second kappa shape index (κ2) is 5.04. The fourth-order valence-electron chi connectivity index (χ4n) is 3.04. The molecular formula is C15H18BrNO. The van der Waals surface area contributed by atoms with Crippen LogP contribution in [0.5, 0.6) is 0 Å². The van der Waals surface area contributed by atoms with E-state index >= 15 is 0 Å². The van der Waals surface area contributed by atoms with Crippen LogP contribution >= 0.6 is 15.9 Å². The first-order valence-electron chi connectivity index (χ1n) is 6.72. The second-order valence-corrected chi connectivity index (χ2v) is 5.93. The van der Waals surface area contributed by atoms with E-state index in [-0.39, 0.29) is 5.91 Å². The first-order valence-corrected chi connectivity index (χ1v) is 7.84. The van der Waals surface area contributed by atoms with Crippen LogP contribution in [0.1, 0.15) is 30.4 Å². The van der Waals surface area contributed by atoms with E-state index in [0.29, 0.717) is 11.4 Å². The van der Waals surface area contributed by atoms with Gasteiger partial charge in [-0.2, -0.15) is 0 Å².